The van der Waals surface area contributed by atoms with Gasteiger partial charge in [0.1, 0.15) is 5.75 Å². The lowest BCUT2D eigenvalue weighted by molar-refractivity contribution is -0.149. The van der Waals surface area contributed by atoms with Crippen molar-refractivity contribution in [3.63, 3.8) is 0 Å². The predicted molar refractivity (Wildman–Crippen MR) is 156 cm³/mol. The average Bonchev–Trinajstić information content (AvgIpc) is 3.63. The minimum atomic E-state index is -4.71. The number of halogens is 4. The highest BCUT2D eigenvalue weighted by atomic mass is 19.4. The van der Waals surface area contributed by atoms with Gasteiger partial charge < -0.3 is 24.8 Å². The number of ether oxygens (including phenoxy) is 3. The van der Waals surface area contributed by atoms with Gasteiger partial charge in [0.15, 0.2) is 11.6 Å². The van der Waals surface area contributed by atoms with Crippen molar-refractivity contribution in [3.05, 3.63) is 52.8 Å². The lowest BCUT2D eigenvalue weighted by atomic mass is 9.83. The topological polar surface area (TPSA) is 127 Å². The minimum Gasteiger partial charge on any atom is -0.496 e. The molecule has 13 heteroatoms. The van der Waals surface area contributed by atoms with E-state index in [0.29, 0.717) is 44.8 Å². The summed E-state index contributed by atoms with van der Waals surface area (Å²) in [6.07, 6.45) is -0.906. The highest BCUT2D eigenvalue weighted by Crippen LogP contribution is 2.49. The van der Waals surface area contributed by atoms with Crippen molar-refractivity contribution in [2.24, 2.45) is 23.7 Å². The second-order valence-corrected chi connectivity index (χ2v) is 12.1. The molecule has 9 nitrogen and oxygen atoms in total. The van der Waals surface area contributed by atoms with E-state index >= 15 is 4.39 Å². The van der Waals surface area contributed by atoms with E-state index in [1.54, 1.807) is 13.0 Å². The molecule has 0 saturated heterocycles. The van der Waals surface area contributed by atoms with E-state index in [9.17, 15) is 32.8 Å². The molecular formula is C33H35F4N3O6. The first kappa shape index (κ1) is 33.0. The van der Waals surface area contributed by atoms with Gasteiger partial charge in [0.2, 0.25) is 5.91 Å². The first-order valence-corrected chi connectivity index (χ1v) is 15.4. The quantitative estimate of drug-likeness (QED) is 0.253. The first-order chi connectivity index (χ1) is 21.9. The van der Waals surface area contributed by atoms with Crippen LogP contribution in [0.3, 0.4) is 0 Å². The van der Waals surface area contributed by atoms with Gasteiger partial charge in [-0.25, -0.2) is 4.39 Å². The molecule has 2 N–H and O–H groups in total. The zero-order valence-electron chi connectivity index (χ0n) is 25.4. The Bertz CT molecular complexity index is 1530. The third-order valence-electron chi connectivity index (χ3n) is 9.26. The van der Waals surface area contributed by atoms with Crippen LogP contribution in [0.15, 0.2) is 30.3 Å². The number of methoxy groups -OCH3 is 1. The van der Waals surface area contributed by atoms with Crippen LogP contribution in [0.5, 0.6) is 11.5 Å². The Morgan fingerprint density at radius 3 is 2.35 bits per heavy atom. The lowest BCUT2D eigenvalue weighted by Gasteiger charge is -2.31. The van der Waals surface area contributed by atoms with Gasteiger partial charge in [0.05, 0.1) is 54.4 Å². The van der Waals surface area contributed by atoms with Crippen molar-refractivity contribution >= 4 is 23.5 Å². The van der Waals surface area contributed by atoms with Gasteiger partial charge in [-0.05, 0) is 88.0 Å². The van der Waals surface area contributed by atoms with Gasteiger partial charge in [-0.2, -0.15) is 18.4 Å². The van der Waals surface area contributed by atoms with Crippen LogP contribution < -0.4 is 20.1 Å². The third-order valence-corrected chi connectivity index (χ3v) is 9.26. The Balaban J connectivity index is 1.31. The summed E-state index contributed by atoms with van der Waals surface area (Å²) < 4.78 is 71.6. The van der Waals surface area contributed by atoms with Crippen LogP contribution in [0.1, 0.15) is 73.4 Å². The Hall–Kier alpha value is -4.34. The number of benzene rings is 2. The normalized spacial score (nSPS) is 25.3. The number of carbonyl (C=O) groups excluding carboxylic acids is 3. The van der Waals surface area contributed by atoms with Crippen molar-refractivity contribution in [2.45, 2.75) is 70.2 Å². The van der Waals surface area contributed by atoms with Gasteiger partial charge in [0, 0.05) is 17.8 Å². The monoisotopic (exact) mass is 645 g/mol. The maximum absolute atomic E-state index is 15.0. The average molecular weight is 646 g/mol. The van der Waals surface area contributed by atoms with E-state index in [1.165, 1.54) is 19.2 Å². The number of alkyl halides is 3. The van der Waals surface area contributed by atoms with Gasteiger partial charge in [-0.15, -0.1) is 0 Å². The molecule has 0 aliphatic heterocycles. The Labute approximate surface area is 263 Å². The summed E-state index contributed by atoms with van der Waals surface area (Å²) in [4.78, 5) is 39.2. The molecular weight excluding hydrogens is 610 g/mol. The fourth-order valence-corrected chi connectivity index (χ4v) is 7.09. The van der Waals surface area contributed by atoms with Crippen LogP contribution in [0.2, 0.25) is 0 Å². The zero-order valence-corrected chi connectivity index (χ0v) is 25.4. The molecule has 3 aliphatic carbocycles. The molecule has 3 aliphatic rings. The minimum absolute atomic E-state index is 0.00224. The molecule has 0 spiro atoms. The lowest BCUT2D eigenvalue weighted by Crippen LogP contribution is -2.48. The zero-order chi connectivity index (χ0) is 33.2. The number of nitrogens with zero attached hydrogens (tertiary/aromatic N) is 1. The molecule has 46 heavy (non-hydrogen) atoms. The Morgan fingerprint density at radius 1 is 0.978 bits per heavy atom. The number of rotatable bonds is 9. The Morgan fingerprint density at radius 2 is 1.70 bits per heavy atom. The summed E-state index contributed by atoms with van der Waals surface area (Å²) in [6, 6.07) is 6.01. The SMILES string of the molecule is CCOC(=O)C1CCC(Oc2cc(C(=O)N[C@@H]3[C@H]4CC[C@H](C4)[C@@H]3C(=O)Nc3cc(C#N)cc(C(F)(F)F)c3)c(OC)cc2F)CC1. The summed E-state index contributed by atoms with van der Waals surface area (Å²) in [7, 11) is 1.29. The molecule has 2 aromatic carbocycles. The number of amides is 2. The molecule has 4 atom stereocenters. The number of nitrogens with one attached hydrogen (secondary N) is 2. The van der Waals surface area contributed by atoms with Crippen LogP contribution in [-0.4, -0.2) is 43.6 Å². The predicted octanol–water partition coefficient (Wildman–Crippen LogP) is 6.01. The smallest absolute Gasteiger partial charge is 0.416 e. The standard InChI is InChI=1S/C33H35F4N3O6/c1-3-45-32(43)18-6-8-23(9-7-18)46-27-14-24(26(44-2)15-25(27)34)30(41)40-29-20-5-4-19(12-20)28(29)31(42)39-22-11-17(16-38)10-21(13-22)33(35,36)37/h10-11,13-15,18-20,23,28-29H,3-9,12H2,1-2H3,(H,39,42)(H,40,41)/t18?,19-,20+,23?,28+,29-/m1/s1. The maximum Gasteiger partial charge on any atom is 0.416 e. The second kappa shape index (κ2) is 13.6. The van der Waals surface area contributed by atoms with E-state index in [-0.39, 0.29) is 58.1 Å². The van der Waals surface area contributed by atoms with Gasteiger partial charge in [-0.1, -0.05) is 0 Å². The summed E-state index contributed by atoms with van der Waals surface area (Å²) in [5, 5.41) is 14.7. The first-order valence-electron chi connectivity index (χ1n) is 15.4. The van der Waals surface area contributed by atoms with E-state index in [2.05, 4.69) is 10.6 Å². The van der Waals surface area contributed by atoms with Gasteiger partial charge in [-0.3, -0.25) is 14.4 Å². The number of anilines is 1. The van der Waals surface area contributed by atoms with Crippen molar-refractivity contribution < 1.29 is 46.2 Å². The largest absolute Gasteiger partial charge is 0.496 e. The number of fused-ring (bicyclic) bond motifs is 2. The Kier molecular flexibility index (Phi) is 9.74. The number of nitriles is 1. The molecule has 3 fully saturated rings. The van der Waals surface area contributed by atoms with Crippen molar-refractivity contribution in [1.82, 2.24) is 5.32 Å². The van der Waals surface area contributed by atoms with Crippen LogP contribution in [0, 0.1) is 40.8 Å². The summed E-state index contributed by atoms with van der Waals surface area (Å²) in [5.74, 6) is -3.47. The highest BCUT2D eigenvalue weighted by molar-refractivity contribution is 5.99. The fourth-order valence-electron chi connectivity index (χ4n) is 7.09. The molecule has 246 valence electrons. The van der Waals surface area contributed by atoms with Crippen LogP contribution >= 0.6 is 0 Å². The van der Waals surface area contributed by atoms with Crippen molar-refractivity contribution in [1.29, 1.82) is 5.26 Å². The van der Waals surface area contributed by atoms with E-state index in [4.69, 9.17) is 14.2 Å². The summed E-state index contributed by atoms with van der Waals surface area (Å²) in [5.41, 5.74) is -1.48. The number of hydrogen-bond donors (Lipinski definition) is 2. The van der Waals surface area contributed by atoms with Crippen LogP contribution in [0.25, 0.3) is 0 Å². The molecule has 2 aromatic rings. The molecule has 3 saturated carbocycles. The van der Waals surface area contributed by atoms with E-state index in [0.717, 1.165) is 25.0 Å². The summed E-state index contributed by atoms with van der Waals surface area (Å²) in [6.45, 7) is 2.04. The van der Waals surface area contributed by atoms with Crippen molar-refractivity contribution in [3.8, 4) is 17.6 Å². The van der Waals surface area contributed by atoms with Gasteiger partial charge in [0.25, 0.3) is 5.91 Å². The molecule has 2 bridgehead atoms. The molecule has 0 radical (unpaired) electrons. The number of esters is 1. The molecule has 0 unspecified atom stereocenters. The number of carbonyl (C=O) groups is 3. The van der Waals surface area contributed by atoms with E-state index < -0.39 is 41.3 Å². The summed E-state index contributed by atoms with van der Waals surface area (Å²) >= 11 is 0. The van der Waals surface area contributed by atoms with Crippen LogP contribution in [0.4, 0.5) is 23.2 Å². The molecule has 0 heterocycles. The van der Waals surface area contributed by atoms with Gasteiger partial charge >= 0.3 is 12.1 Å². The third kappa shape index (κ3) is 7.06. The maximum atomic E-state index is 15.0. The second-order valence-electron chi connectivity index (χ2n) is 12.1. The highest BCUT2D eigenvalue weighted by Gasteiger charge is 2.51. The van der Waals surface area contributed by atoms with E-state index in [1.807, 2.05) is 0 Å². The van der Waals surface area contributed by atoms with Crippen LogP contribution in [-0.2, 0) is 20.5 Å². The fraction of sp³-hybridized carbons (Fsp3) is 0.515. The molecule has 2 amide bonds. The van der Waals surface area contributed by atoms with Crippen molar-refractivity contribution in [2.75, 3.05) is 19.0 Å². The molecule has 5 rings (SSSR count). The number of hydrogen-bond acceptors (Lipinski definition) is 7. The molecule has 0 aromatic heterocycles.